The van der Waals surface area contributed by atoms with Crippen molar-refractivity contribution in [3.05, 3.63) is 41.9 Å². The molecule has 90 valence electrons. The topological polar surface area (TPSA) is 68.8 Å². The number of hydrogen-bond acceptors (Lipinski definition) is 4. The highest BCUT2D eigenvalue weighted by Crippen LogP contribution is 2.24. The summed E-state index contributed by atoms with van der Waals surface area (Å²) in [4.78, 5) is 4.13. The summed E-state index contributed by atoms with van der Waals surface area (Å²) in [6.07, 6.45) is 5.53. The van der Waals surface area contributed by atoms with Gasteiger partial charge < -0.3 is 11.1 Å². The quantitative estimate of drug-likeness (QED) is 0.826. The second kappa shape index (κ2) is 4.97. The summed E-state index contributed by atoms with van der Waals surface area (Å²) >= 11 is 0. The molecule has 0 saturated heterocycles. The fourth-order valence-electron chi connectivity index (χ4n) is 1.87. The molecule has 0 amide bonds. The Morgan fingerprint density at radius 3 is 2.94 bits per heavy atom. The van der Waals surface area contributed by atoms with Crippen molar-refractivity contribution >= 4 is 5.82 Å². The average Bonchev–Trinajstić information content (AvgIpc) is 2.74. The van der Waals surface area contributed by atoms with Crippen LogP contribution in [0.5, 0.6) is 0 Å². The number of nitrogens with zero attached hydrogens (tertiary/aromatic N) is 3. The molecule has 17 heavy (non-hydrogen) atoms. The molecule has 0 aliphatic rings. The summed E-state index contributed by atoms with van der Waals surface area (Å²) in [6.45, 7) is 2.92. The second-order valence-corrected chi connectivity index (χ2v) is 3.92. The van der Waals surface area contributed by atoms with Crippen molar-refractivity contribution in [2.45, 2.75) is 13.0 Å². The number of aryl methyl sites for hydroxylation is 1. The molecule has 0 aliphatic carbocycles. The van der Waals surface area contributed by atoms with Gasteiger partial charge in [0, 0.05) is 30.6 Å². The lowest BCUT2D eigenvalue weighted by atomic mass is 10.0. The van der Waals surface area contributed by atoms with E-state index in [1.54, 1.807) is 10.9 Å². The normalized spacial score (nSPS) is 12.6. The Bertz CT molecular complexity index is 491. The van der Waals surface area contributed by atoms with Crippen molar-refractivity contribution < 1.29 is 0 Å². The number of pyridine rings is 1. The molecule has 0 fully saturated rings. The van der Waals surface area contributed by atoms with Gasteiger partial charge in [-0.15, -0.1) is 0 Å². The van der Waals surface area contributed by atoms with Crippen molar-refractivity contribution in [2.75, 3.05) is 12.3 Å². The first-order valence-electron chi connectivity index (χ1n) is 5.64. The van der Waals surface area contributed by atoms with Crippen LogP contribution in [0.1, 0.15) is 24.1 Å². The maximum absolute atomic E-state index is 5.92. The van der Waals surface area contributed by atoms with E-state index in [2.05, 4.69) is 22.3 Å². The first-order chi connectivity index (χ1) is 8.22. The van der Waals surface area contributed by atoms with Gasteiger partial charge in [-0.2, -0.15) is 5.10 Å². The van der Waals surface area contributed by atoms with Crippen LogP contribution >= 0.6 is 0 Å². The summed E-state index contributed by atoms with van der Waals surface area (Å²) in [5.41, 5.74) is 8.00. The highest BCUT2D eigenvalue weighted by atomic mass is 15.2. The average molecular weight is 231 g/mol. The smallest absolute Gasteiger partial charge is 0.128 e. The van der Waals surface area contributed by atoms with Crippen LogP contribution in [0.25, 0.3) is 0 Å². The fraction of sp³-hybridized carbons (Fsp3) is 0.333. The zero-order chi connectivity index (χ0) is 12.3. The van der Waals surface area contributed by atoms with E-state index in [0.717, 1.165) is 17.7 Å². The minimum atomic E-state index is 0.0439. The number of rotatable bonds is 4. The first kappa shape index (κ1) is 11.6. The Hall–Kier alpha value is -1.88. The summed E-state index contributed by atoms with van der Waals surface area (Å²) < 4.78 is 1.78. The number of nitrogens with one attached hydrogen (secondary N) is 1. The molecule has 2 rings (SSSR count). The molecule has 2 heterocycles. The van der Waals surface area contributed by atoms with Gasteiger partial charge in [-0.1, -0.05) is 13.0 Å². The lowest BCUT2D eigenvalue weighted by Crippen LogP contribution is -2.23. The minimum Gasteiger partial charge on any atom is -0.383 e. The van der Waals surface area contributed by atoms with E-state index in [1.807, 2.05) is 31.6 Å². The van der Waals surface area contributed by atoms with E-state index in [1.165, 1.54) is 0 Å². The largest absolute Gasteiger partial charge is 0.383 e. The molecule has 0 spiro atoms. The summed E-state index contributed by atoms with van der Waals surface area (Å²) in [5.74, 6) is 0.558. The maximum Gasteiger partial charge on any atom is 0.128 e. The number of aromatic nitrogens is 3. The summed E-state index contributed by atoms with van der Waals surface area (Å²) in [6, 6.07) is 3.93. The third-order valence-electron chi connectivity index (χ3n) is 2.65. The molecule has 0 aromatic carbocycles. The molecule has 0 bridgehead atoms. The maximum atomic E-state index is 5.92. The number of nitrogens with two attached hydrogens (primary N) is 1. The van der Waals surface area contributed by atoms with E-state index in [0.29, 0.717) is 5.82 Å². The van der Waals surface area contributed by atoms with Gasteiger partial charge in [0.25, 0.3) is 0 Å². The Morgan fingerprint density at radius 1 is 1.53 bits per heavy atom. The van der Waals surface area contributed by atoms with E-state index < -0.39 is 0 Å². The molecule has 2 aromatic heterocycles. The Labute approximate surface area is 101 Å². The lowest BCUT2D eigenvalue weighted by Gasteiger charge is -2.17. The molecule has 1 atom stereocenters. The molecule has 1 unspecified atom stereocenters. The Balaban J connectivity index is 2.39. The Kier molecular flexibility index (Phi) is 3.39. The van der Waals surface area contributed by atoms with Gasteiger partial charge in [0.2, 0.25) is 0 Å². The third kappa shape index (κ3) is 2.45. The predicted molar refractivity (Wildman–Crippen MR) is 67.4 cm³/mol. The van der Waals surface area contributed by atoms with Crippen molar-refractivity contribution in [2.24, 2.45) is 7.05 Å². The number of nitrogen functional groups attached to an aromatic ring is 1. The fourth-order valence-corrected chi connectivity index (χ4v) is 1.87. The molecular formula is C12H17N5. The van der Waals surface area contributed by atoms with Gasteiger partial charge in [0.1, 0.15) is 5.82 Å². The highest BCUT2D eigenvalue weighted by Gasteiger charge is 2.17. The van der Waals surface area contributed by atoms with Crippen LogP contribution < -0.4 is 11.1 Å². The zero-order valence-electron chi connectivity index (χ0n) is 10.1. The third-order valence-corrected chi connectivity index (χ3v) is 2.65. The molecule has 0 aliphatic heterocycles. The molecule has 0 saturated carbocycles. The van der Waals surface area contributed by atoms with Gasteiger partial charge in [0.15, 0.2) is 0 Å². The van der Waals surface area contributed by atoms with Crippen LogP contribution in [0, 0.1) is 0 Å². The van der Waals surface area contributed by atoms with Crippen molar-refractivity contribution in [1.29, 1.82) is 0 Å². The number of hydrogen-bond donors (Lipinski definition) is 2. The highest BCUT2D eigenvalue weighted by molar-refractivity contribution is 5.44. The van der Waals surface area contributed by atoms with Crippen molar-refractivity contribution in [3.8, 4) is 0 Å². The van der Waals surface area contributed by atoms with Crippen LogP contribution in [-0.2, 0) is 7.05 Å². The zero-order valence-corrected chi connectivity index (χ0v) is 10.1. The Morgan fingerprint density at radius 2 is 2.35 bits per heavy atom. The first-order valence-corrected chi connectivity index (χ1v) is 5.64. The molecular weight excluding hydrogens is 214 g/mol. The molecule has 3 N–H and O–H groups in total. The predicted octanol–water partition coefficient (Wildman–Crippen LogP) is 1.10. The van der Waals surface area contributed by atoms with Gasteiger partial charge in [-0.25, -0.2) is 4.98 Å². The van der Waals surface area contributed by atoms with Crippen LogP contribution in [0.4, 0.5) is 5.82 Å². The van der Waals surface area contributed by atoms with E-state index in [9.17, 15) is 0 Å². The monoisotopic (exact) mass is 231 g/mol. The second-order valence-electron chi connectivity index (χ2n) is 3.92. The van der Waals surface area contributed by atoms with Crippen LogP contribution in [0.3, 0.4) is 0 Å². The van der Waals surface area contributed by atoms with Gasteiger partial charge in [0.05, 0.1) is 12.2 Å². The van der Waals surface area contributed by atoms with Gasteiger partial charge >= 0.3 is 0 Å². The van der Waals surface area contributed by atoms with Gasteiger partial charge in [-0.3, -0.25) is 4.68 Å². The van der Waals surface area contributed by atoms with E-state index >= 15 is 0 Å². The van der Waals surface area contributed by atoms with Crippen LogP contribution in [-0.4, -0.2) is 21.3 Å². The standard InChI is InChI=1S/C12H17N5/c1-3-14-11(9-7-16-17(2)8-9)10-5-4-6-15-12(10)13/h4-8,11,14H,3H2,1-2H3,(H2,13,15). The minimum absolute atomic E-state index is 0.0439. The van der Waals surface area contributed by atoms with Crippen LogP contribution in [0.15, 0.2) is 30.7 Å². The summed E-state index contributed by atoms with van der Waals surface area (Å²) in [5, 5.41) is 7.59. The van der Waals surface area contributed by atoms with Crippen molar-refractivity contribution in [3.63, 3.8) is 0 Å². The molecule has 5 nitrogen and oxygen atoms in total. The molecule has 0 radical (unpaired) electrons. The van der Waals surface area contributed by atoms with E-state index in [-0.39, 0.29) is 6.04 Å². The SMILES string of the molecule is CCNC(c1cnn(C)c1)c1cccnc1N. The van der Waals surface area contributed by atoms with Crippen molar-refractivity contribution in [1.82, 2.24) is 20.1 Å². The summed E-state index contributed by atoms with van der Waals surface area (Å²) in [7, 11) is 1.90. The van der Waals surface area contributed by atoms with E-state index in [4.69, 9.17) is 5.73 Å². The van der Waals surface area contributed by atoms with Gasteiger partial charge in [-0.05, 0) is 12.6 Å². The molecule has 2 aromatic rings. The van der Waals surface area contributed by atoms with Crippen LogP contribution in [0.2, 0.25) is 0 Å². The number of anilines is 1. The molecule has 5 heteroatoms. The lowest BCUT2D eigenvalue weighted by molar-refractivity contribution is 0.629.